The minimum absolute atomic E-state index is 0.0316. The van der Waals surface area contributed by atoms with Crippen LogP contribution in [0.25, 0.3) is 0 Å². The third-order valence-electron chi connectivity index (χ3n) is 6.04. The molecule has 2 rings (SSSR count). The van der Waals surface area contributed by atoms with Gasteiger partial charge in [-0.1, -0.05) is 54.3 Å². The molecular formula is C32H39NO8S4. The molecule has 45 heavy (non-hydrogen) atoms. The first kappa shape index (κ1) is 38.2. The highest BCUT2D eigenvalue weighted by Gasteiger charge is 2.33. The Balaban J connectivity index is 2.02. The van der Waals surface area contributed by atoms with Crippen LogP contribution in [0, 0.1) is 0 Å². The Morgan fingerprint density at radius 3 is 1.78 bits per heavy atom. The number of hydrogen-bond acceptors (Lipinski definition) is 12. The number of carbonyl (C=O) groups excluding carboxylic acids is 4. The van der Waals surface area contributed by atoms with Crippen LogP contribution in [0.2, 0.25) is 0 Å². The van der Waals surface area contributed by atoms with Gasteiger partial charge in [-0.05, 0) is 78.0 Å². The van der Waals surface area contributed by atoms with E-state index in [9.17, 15) is 19.2 Å². The molecular weight excluding hydrogens is 655 g/mol. The van der Waals surface area contributed by atoms with Gasteiger partial charge >= 0.3 is 11.9 Å². The van der Waals surface area contributed by atoms with Gasteiger partial charge in [0, 0.05) is 15.3 Å². The van der Waals surface area contributed by atoms with E-state index in [1.54, 1.807) is 90.1 Å². The van der Waals surface area contributed by atoms with Crippen molar-refractivity contribution in [3.63, 3.8) is 0 Å². The first-order valence-corrected chi connectivity index (χ1v) is 16.6. The molecule has 0 fully saturated rings. The van der Waals surface area contributed by atoms with Crippen molar-refractivity contribution in [1.29, 1.82) is 0 Å². The van der Waals surface area contributed by atoms with Crippen LogP contribution >= 0.6 is 48.0 Å². The van der Waals surface area contributed by atoms with Crippen LogP contribution in [0.4, 0.5) is 0 Å². The standard InChI is InChI=1S/C32H39NO8S4/c1-7-38-30(43)45-32(5,6)29(37)40-20-18-33(17-19-39-28(36)31(3,4)44-22(2)42)26(34)21-41-25-15-13-24(14-16-25)27(35)23-11-9-8-10-12-23/h8-16H,7,17-21H2,1-6H3. The second-order valence-electron chi connectivity index (χ2n) is 10.6. The molecule has 0 spiro atoms. The Morgan fingerprint density at radius 1 is 0.756 bits per heavy atom. The number of esters is 2. The van der Waals surface area contributed by atoms with E-state index >= 15 is 0 Å². The zero-order chi connectivity index (χ0) is 33.6. The van der Waals surface area contributed by atoms with Gasteiger partial charge in [0.2, 0.25) is 4.38 Å². The third kappa shape index (κ3) is 13.1. The molecule has 0 atom stereocenters. The minimum atomic E-state index is -1.00. The van der Waals surface area contributed by atoms with E-state index in [1.807, 2.05) is 6.07 Å². The van der Waals surface area contributed by atoms with Crippen LogP contribution in [0.3, 0.4) is 0 Å². The fraction of sp³-hybridized carbons (Fsp3) is 0.438. The van der Waals surface area contributed by atoms with Gasteiger partial charge in [0.05, 0.1) is 19.7 Å². The quantitative estimate of drug-likeness (QED) is 0.119. The topological polar surface area (TPSA) is 108 Å². The number of amides is 1. The van der Waals surface area contributed by atoms with Gasteiger partial charge in [-0.25, -0.2) is 0 Å². The molecule has 2 aromatic carbocycles. The summed E-state index contributed by atoms with van der Waals surface area (Å²) in [4.78, 5) is 52.6. The Kier molecular flexibility index (Phi) is 15.5. The van der Waals surface area contributed by atoms with Crippen LogP contribution in [-0.2, 0) is 28.6 Å². The first-order chi connectivity index (χ1) is 21.2. The summed E-state index contributed by atoms with van der Waals surface area (Å²) in [5.41, 5.74) is 1.05. The highest BCUT2D eigenvalue weighted by molar-refractivity contribution is 8.24. The maximum Gasteiger partial charge on any atom is 0.322 e. The Hall–Kier alpha value is -3.00. The van der Waals surface area contributed by atoms with Gasteiger partial charge in [0.25, 0.3) is 5.91 Å². The highest BCUT2D eigenvalue weighted by atomic mass is 32.2. The number of benzene rings is 2. The molecule has 0 radical (unpaired) electrons. The molecule has 0 saturated carbocycles. The second kappa shape index (κ2) is 18.2. The smallest absolute Gasteiger partial charge is 0.322 e. The van der Waals surface area contributed by atoms with Crippen molar-refractivity contribution in [1.82, 2.24) is 4.90 Å². The lowest BCUT2D eigenvalue weighted by Crippen LogP contribution is -2.42. The van der Waals surface area contributed by atoms with E-state index < -0.39 is 27.3 Å². The number of thioether (sulfide) groups is 2. The maximum atomic E-state index is 13.2. The fourth-order valence-corrected chi connectivity index (χ4v) is 6.66. The number of carbonyl (C=O) groups is 4. The van der Waals surface area contributed by atoms with E-state index in [-0.39, 0.29) is 43.1 Å². The lowest BCUT2D eigenvalue weighted by Gasteiger charge is -2.26. The Labute approximate surface area is 284 Å². The zero-order valence-electron chi connectivity index (χ0n) is 26.3. The fourth-order valence-electron chi connectivity index (χ4n) is 3.70. The lowest BCUT2D eigenvalue weighted by atomic mass is 10.0. The number of ether oxygens (including phenoxy) is 4. The van der Waals surface area contributed by atoms with Gasteiger partial charge in [0.1, 0.15) is 28.5 Å². The highest BCUT2D eigenvalue weighted by Crippen LogP contribution is 2.28. The van der Waals surface area contributed by atoms with Crippen molar-refractivity contribution in [2.24, 2.45) is 0 Å². The van der Waals surface area contributed by atoms with E-state index in [2.05, 4.69) is 0 Å². The Morgan fingerprint density at radius 2 is 1.27 bits per heavy atom. The molecule has 0 aliphatic carbocycles. The summed E-state index contributed by atoms with van der Waals surface area (Å²) >= 11 is 12.5. The van der Waals surface area contributed by atoms with E-state index in [1.165, 1.54) is 16.7 Å². The first-order valence-electron chi connectivity index (χ1n) is 14.2. The van der Waals surface area contributed by atoms with Gasteiger partial charge in [0.15, 0.2) is 12.4 Å². The van der Waals surface area contributed by atoms with Crippen molar-refractivity contribution in [3.8, 4) is 5.75 Å². The average Bonchev–Trinajstić information content (AvgIpc) is 2.98. The summed E-state index contributed by atoms with van der Waals surface area (Å²) in [5.74, 6) is -1.15. The second-order valence-corrected chi connectivity index (χ2v) is 15.5. The summed E-state index contributed by atoms with van der Waals surface area (Å²) in [6.07, 6.45) is 0. The lowest BCUT2D eigenvalue weighted by molar-refractivity contribution is -0.149. The van der Waals surface area contributed by atoms with E-state index in [0.717, 1.165) is 11.8 Å². The summed E-state index contributed by atoms with van der Waals surface area (Å²) in [5, 5.41) is 0. The molecule has 0 aliphatic heterocycles. The van der Waals surface area contributed by atoms with Crippen molar-refractivity contribution in [2.75, 3.05) is 39.5 Å². The summed E-state index contributed by atoms with van der Waals surface area (Å²) in [6.45, 7) is 10.2. The molecule has 9 nitrogen and oxygen atoms in total. The average molecular weight is 694 g/mol. The number of rotatable bonds is 16. The molecule has 13 heteroatoms. The monoisotopic (exact) mass is 693 g/mol. The number of hydrogen-bond donors (Lipinski definition) is 0. The largest absolute Gasteiger partial charge is 0.484 e. The summed E-state index contributed by atoms with van der Waals surface area (Å²) < 4.78 is 20.8. The number of nitrogens with zero attached hydrogens (tertiary/aromatic N) is 1. The predicted octanol–water partition coefficient (Wildman–Crippen LogP) is 5.90. The molecule has 0 N–H and O–H groups in total. The number of thiocarbonyl (C=S) groups is 2. The molecule has 0 aromatic heterocycles. The summed E-state index contributed by atoms with van der Waals surface area (Å²) in [6, 6.07) is 15.4. The number of ketones is 1. The molecule has 0 heterocycles. The van der Waals surface area contributed by atoms with Crippen molar-refractivity contribution >= 4 is 80.2 Å². The maximum absolute atomic E-state index is 13.2. The molecule has 0 unspecified atom stereocenters. The normalized spacial score (nSPS) is 11.2. The molecule has 0 saturated heterocycles. The van der Waals surface area contributed by atoms with Gasteiger partial charge in [-0.2, -0.15) is 0 Å². The van der Waals surface area contributed by atoms with Crippen LogP contribution in [-0.4, -0.2) is 86.1 Å². The SMILES string of the molecule is CCOC(=S)SC(C)(C)C(=O)OCCN(CCOC(=O)C(C)(C)SC(C)=S)C(=O)COc1ccc(C(=O)c2ccccc2)cc1. The van der Waals surface area contributed by atoms with Crippen LogP contribution < -0.4 is 4.74 Å². The molecule has 1 amide bonds. The van der Waals surface area contributed by atoms with Crippen molar-refractivity contribution in [3.05, 3.63) is 65.7 Å². The van der Waals surface area contributed by atoms with Gasteiger partial charge < -0.3 is 23.8 Å². The van der Waals surface area contributed by atoms with Crippen molar-refractivity contribution in [2.45, 2.75) is 51.0 Å². The molecule has 2 aromatic rings. The van der Waals surface area contributed by atoms with Crippen LogP contribution in [0.15, 0.2) is 54.6 Å². The summed E-state index contributed by atoms with van der Waals surface area (Å²) in [7, 11) is 0. The zero-order valence-corrected chi connectivity index (χ0v) is 29.6. The third-order valence-corrected chi connectivity index (χ3v) is 8.58. The van der Waals surface area contributed by atoms with E-state index in [4.69, 9.17) is 43.4 Å². The van der Waals surface area contributed by atoms with Crippen LogP contribution in [0.5, 0.6) is 5.75 Å². The van der Waals surface area contributed by atoms with Crippen LogP contribution in [0.1, 0.15) is 57.5 Å². The molecule has 244 valence electrons. The van der Waals surface area contributed by atoms with Gasteiger partial charge in [-0.15, -0.1) is 11.8 Å². The van der Waals surface area contributed by atoms with Crippen molar-refractivity contribution < 1.29 is 38.1 Å². The molecule has 0 bridgehead atoms. The van der Waals surface area contributed by atoms with E-state index in [0.29, 0.717) is 27.7 Å². The minimum Gasteiger partial charge on any atom is -0.484 e. The Bertz CT molecular complexity index is 1350. The molecule has 0 aliphatic rings. The predicted molar refractivity (Wildman–Crippen MR) is 186 cm³/mol. The van der Waals surface area contributed by atoms with Gasteiger partial charge in [-0.3, -0.25) is 19.2 Å².